The zero-order chi connectivity index (χ0) is 15.1. The highest BCUT2D eigenvalue weighted by molar-refractivity contribution is 9.10. The van der Waals surface area contributed by atoms with Gasteiger partial charge < -0.3 is 14.8 Å². The first kappa shape index (κ1) is 15.8. The molecule has 0 fully saturated rings. The molecule has 0 saturated heterocycles. The Morgan fingerprint density at radius 2 is 2.05 bits per heavy atom. The molecule has 0 saturated carbocycles. The number of rotatable bonds is 7. The summed E-state index contributed by atoms with van der Waals surface area (Å²) in [5.41, 5.74) is 1.94. The molecule has 0 atom stereocenters. The lowest BCUT2D eigenvalue weighted by atomic mass is 10.2. The first-order chi connectivity index (χ1) is 10.2. The van der Waals surface area contributed by atoms with E-state index in [-0.39, 0.29) is 0 Å². The number of ether oxygens (including phenoxy) is 2. The van der Waals surface area contributed by atoms with Gasteiger partial charge >= 0.3 is 0 Å². The van der Waals surface area contributed by atoms with Crippen LogP contribution in [0, 0.1) is 0 Å². The minimum absolute atomic E-state index is 0.411. The van der Waals surface area contributed by atoms with Crippen LogP contribution in [0.5, 0.6) is 11.5 Å². The summed E-state index contributed by atoms with van der Waals surface area (Å²) in [5, 5.41) is 3.14. The Kier molecular flexibility index (Phi) is 6.02. The Bertz CT molecular complexity index is 549. The van der Waals surface area contributed by atoms with Crippen molar-refractivity contribution in [3.63, 3.8) is 0 Å². The molecule has 1 aromatic carbocycles. The maximum Gasteiger partial charge on any atom is 0.166 e. The molecule has 0 aliphatic rings. The summed E-state index contributed by atoms with van der Waals surface area (Å²) in [6, 6.07) is 9.82. The number of nitrogens with zero attached hydrogens (tertiary/aromatic N) is 1. The van der Waals surface area contributed by atoms with Crippen LogP contribution in [0.2, 0.25) is 0 Å². The molecule has 21 heavy (non-hydrogen) atoms. The van der Waals surface area contributed by atoms with Crippen molar-refractivity contribution < 1.29 is 9.47 Å². The minimum Gasteiger partial charge on any atom is -0.490 e. The van der Waals surface area contributed by atoms with Crippen LogP contribution in [-0.2, 0) is 13.2 Å². The SMILES string of the molecule is CCOc1cccc(CNC)c1OCc1ccc(Br)cn1. The zero-order valence-electron chi connectivity index (χ0n) is 12.2. The summed E-state index contributed by atoms with van der Waals surface area (Å²) >= 11 is 3.37. The largest absolute Gasteiger partial charge is 0.490 e. The van der Waals surface area contributed by atoms with E-state index < -0.39 is 0 Å². The lowest BCUT2D eigenvalue weighted by Crippen LogP contribution is -2.09. The van der Waals surface area contributed by atoms with Gasteiger partial charge in [-0.2, -0.15) is 0 Å². The summed E-state index contributed by atoms with van der Waals surface area (Å²) in [4.78, 5) is 4.32. The average Bonchev–Trinajstić information content (AvgIpc) is 2.49. The topological polar surface area (TPSA) is 43.4 Å². The molecule has 5 heteroatoms. The van der Waals surface area contributed by atoms with Crippen LogP contribution in [0.1, 0.15) is 18.2 Å². The fourth-order valence-electron chi connectivity index (χ4n) is 1.96. The van der Waals surface area contributed by atoms with E-state index in [1.807, 2.05) is 44.3 Å². The van der Waals surface area contributed by atoms with Crippen LogP contribution < -0.4 is 14.8 Å². The number of para-hydroxylation sites is 1. The van der Waals surface area contributed by atoms with E-state index in [1.54, 1.807) is 6.20 Å². The Morgan fingerprint density at radius 3 is 2.71 bits per heavy atom. The highest BCUT2D eigenvalue weighted by Crippen LogP contribution is 2.32. The molecule has 0 bridgehead atoms. The monoisotopic (exact) mass is 350 g/mol. The van der Waals surface area contributed by atoms with E-state index >= 15 is 0 Å². The molecule has 112 valence electrons. The standard InChI is InChI=1S/C16H19BrN2O2/c1-3-20-15-6-4-5-12(9-18-2)16(15)21-11-14-8-7-13(17)10-19-14/h4-8,10,18H,3,9,11H2,1-2H3. The van der Waals surface area contributed by atoms with E-state index in [9.17, 15) is 0 Å². The molecule has 0 unspecified atom stereocenters. The van der Waals surface area contributed by atoms with Gasteiger partial charge in [0.05, 0.1) is 12.3 Å². The fourth-order valence-corrected chi connectivity index (χ4v) is 2.20. The second-order valence-electron chi connectivity index (χ2n) is 4.46. The van der Waals surface area contributed by atoms with Crippen LogP contribution in [0.4, 0.5) is 0 Å². The molecule has 0 amide bonds. The third-order valence-electron chi connectivity index (χ3n) is 2.88. The van der Waals surface area contributed by atoms with Crippen molar-refractivity contribution in [2.45, 2.75) is 20.1 Å². The normalized spacial score (nSPS) is 10.4. The molecule has 4 nitrogen and oxygen atoms in total. The maximum absolute atomic E-state index is 5.96. The summed E-state index contributed by atoms with van der Waals surface area (Å²) in [7, 11) is 1.91. The quantitative estimate of drug-likeness (QED) is 0.829. The zero-order valence-corrected chi connectivity index (χ0v) is 13.8. The predicted octanol–water partition coefficient (Wildman–Crippen LogP) is 3.54. The van der Waals surface area contributed by atoms with Crippen LogP contribution in [-0.4, -0.2) is 18.6 Å². The van der Waals surface area contributed by atoms with E-state index in [4.69, 9.17) is 9.47 Å². The number of halogens is 1. The van der Waals surface area contributed by atoms with Crippen molar-refractivity contribution in [2.75, 3.05) is 13.7 Å². The summed E-state index contributed by atoms with van der Waals surface area (Å²) in [6.45, 7) is 3.71. The fraction of sp³-hybridized carbons (Fsp3) is 0.312. The predicted molar refractivity (Wildman–Crippen MR) is 86.6 cm³/mol. The molecule has 1 N–H and O–H groups in total. The van der Waals surface area contributed by atoms with Crippen molar-refractivity contribution >= 4 is 15.9 Å². The molecular weight excluding hydrogens is 332 g/mol. The molecule has 1 heterocycles. The molecule has 2 aromatic rings. The molecular formula is C16H19BrN2O2. The van der Waals surface area contributed by atoms with Gasteiger partial charge in [-0.15, -0.1) is 0 Å². The van der Waals surface area contributed by atoms with E-state index in [2.05, 4.69) is 26.2 Å². The molecule has 0 radical (unpaired) electrons. The number of hydrogen-bond acceptors (Lipinski definition) is 4. The van der Waals surface area contributed by atoms with Crippen LogP contribution in [0.3, 0.4) is 0 Å². The van der Waals surface area contributed by atoms with Crippen molar-refractivity contribution in [3.8, 4) is 11.5 Å². The lowest BCUT2D eigenvalue weighted by molar-refractivity contribution is 0.263. The Labute approximate surface area is 133 Å². The number of pyridine rings is 1. The van der Waals surface area contributed by atoms with Crippen molar-refractivity contribution in [3.05, 3.63) is 52.3 Å². The van der Waals surface area contributed by atoms with Crippen LogP contribution in [0.15, 0.2) is 41.0 Å². The highest BCUT2D eigenvalue weighted by atomic mass is 79.9. The highest BCUT2D eigenvalue weighted by Gasteiger charge is 2.11. The molecule has 0 spiro atoms. The van der Waals surface area contributed by atoms with Gasteiger partial charge in [-0.25, -0.2) is 0 Å². The van der Waals surface area contributed by atoms with Gasteiger partial charge in [0.1, 0.15) is 6.61 Å². The van der Waals surface area contributed by atoms with Crippen molar-refractivity contribution in [1.29, 1.82) is 0 Å². The number of hydrogen-bond donors (Lipinski definition) is 1. The number of benzene rings is 1. The molecule has 0 aliphatic carbocycles. The third kappa shape index (κ3) is 4.44. The first-order valence-corrected chi connectivity index (χ1v) is 7.66. The Morgan fingerprint density at radius 1 is 1.19 bits per heavy atom. The number of aromatic nitrogens is 1. The Balaban J connectivity index is 2.17. The van der Waals surface area contributed by atoms with E-state index in [0.717, 1.165) is 33.8 Å². The molecule has 0 aliphatic heterocycles. The van der Waals surface area contributed by atoms with Gasteiger partial charge in [0.25, 0.3) is 0 Å². The van der Waals surface area contributed by atoms with E-state index in [0.29, 0.717) is 13.2 Å². The molecule has 1 aromatic heterocycles. The van der Waals surface area contributed by atoms with Gasteiger partial charge in [-0.3, -0.25) is 4.98 Å². The smallest absolute Gasteiger partial charge is 0.166 e. The van der Waals surface area contributed by atoms with Crippen molar-refractivity contribution in [2.24, 2.45) is 0 Å². The summed E-state index contributed by atoms with van der Waals surface area (Å²) < 4.78 is 12.6. The van der Waals surface area contributed by atoms with Gasteiger partial charge in [0.15, 0.2) is 11.5 Å². The van der Waals surface area contributed by atoms with Gasteiger partial charge in [-0.1, -0.05) is 12.1 Å². The second-order valence-corrected chi connectivity index (χ2v) is 5.38. The Hall–Kier alpha value is -1.59. The third-order valence-corrected chi connectivity index (χ3v) is 3.35. The van der Waals surface area contributed by atoms with E-state index in [1.165, 1.54) is 0 Å². The summed E-state index contributed by atoms with van der Waals surface area (Å²) in [6.07, 6.45) is 1.77. The summed E-state index contributed by atoms with van der Waals surface area (Å²) in [5.74, 6) is 1.54. The lowest BCUT2D eigenvalue weighted by Gasteiger charge is -2.15. The minimum atomic E-state index is 0.411. The second kappa shape index (κ2) is 8.00. The first-order valence-electron chi connectivity index (χ1n) is 6.87. The average molecular weight is 351 g/mol. The maximum atomic E-state index is 5.96. The van der Waals surface area contributed by atoms with Crippen LogP contribution in [0.25, 0.3) is 0 Å². The van der Waals surface area contributed by atoms with Crippen molar-refractivity contribution in [1.82, 2.24) is 10.3 Å². The molecule has 2 rings (SSSR count). The van der Waals surface area contributed by atoms with Gasteiger partial charge in [0, 0.05) is 22.8 Å². The van der Waals surface area contributed by atoms with Crippen LogP contribution >= 0.6 is 15.9 Å². The van der Waals surface area contributed by atoms with Gasteiger partial charge in [0.2, 0.25) is 0 Å². The van der Waals surface area contributed by atoms with Gasteiger partial charge in [-0.05, 0) is 48.1 Å². The number of nitrogens with one attached hydrogen (secondary N) is 1.